The van der Waals surface area contributed by atoms with E-state index in [9.17, 15) is 0 Å². The smallest absolute Gasteiger partial charge is 0.142 e. The molecule has 1 aromatic heterocycles. The van der Waals surface area contributed by atoms with Crippen molar-refractivity contribution in [1.82, 2.24) is 4.98 Å². The Bertz CT molecular complexity index is 641. The van der Waals surface area contributed by atoms with E-state index in [4.69, 9.17) is 15.9 Å². The zero-order valence-electron chi connectivity index (χ0n) is 11.0. The number of hydrogen-bond acceptors (Lipinski definition) is 4. The molecule has 0 saturated heterocycles. The van der Waals surface area contributed by atoms with Gasteiger partial charge in [0.2, 0.25) is 0 Å². The number of ether oxygens (including phenoxy) is 1. The summed E-state index contributed by atoms with van der Waals surface area (Å²) in [5, 5.41) is 7.51. The number of fused-ring (bicyclic) bond motifs is 1. The fourth-order valence-corrected chi connectivity index (χ4v) is 2.29. The Morgan fingerprint density at radius 2 is 2.05 bits per heavy atom. The van der Waals surface area contributed by atoms with Crippen LogP contribution in [0.4, 0.5) is 11.5 Å². The van der Waals surface area contributed by atoms with E-state index in [0.29, 0.717) is 12.3 Å². The van der Waals surface area contributed by atoms with E-state index >= 15 is 0 Å². The summed E-state index contributed by atoms with van der Waals surface area (Å²) in [5.41, 5.74) is 7.00. The minimum atomic E-state index is -0.0220. The van der Waals surface area contributed by atoms with Gasteiger partial charge in [0.1, 0.15) is 23.1 Å². The molecule has 1 aromatic carbocycles. The van der Waals surface area contributed by atoms with Crippen molar-refractivity contribution >= 4 is 17.3 Å². The first-order chi connectivity index (χ1) is 9.75. The Hall–Kier alpha value is -2.56. The number of para-hydroxylation sites is 2. The Morgan fingerprint density at radius 1 is 1.20 bits per heavy atom. The molecular formula is C15H16N4O. The van der Waals surface area contributed by atoms with Crippen molar-refractivity contribution in [1.29, 1.82) is 5.41 Å². The number of nitrogens with two attached hydrogens (primary N) is 1. The molecule has 2 aromatic rings. The third kappa shape index (κ3) is 2.30. The monoisotopic (exact) mass is 268 g/mol. The van der Waals surface area contributed by atoms with Gasteiger partial charge in [0.05, 0.1) is 12.3 Å². The van der Waals surface area contributed by atoms with Crippen molar-refractivity contribution in [3.63, 3.8) is 0 Å². The molecule has 0 saturated carbocycles. The van der Waals surface area contributed by atoms with E-state index in [-0.39, 0.29) is 5.84 Å². The lowest BCUT2D eigenvalue weighted by Crippen LogP contribution is -2.21. The fraction of sp³-hybridized carbons (Fsp3) is 0.200. The number of nitrogens with one attached hydrogen (secondary N) is 1. The van der Waals surface area contributed by atoms with E-state index in [1.54, 1.807) is 6.07 Å². The van der Waals surface area contributed by atoms with Crippen LogP contribution in [0.5, 0.6) is 5.75 Å². The minimum Gasteiger partial charge on any atom is -0.491 e. The number of hydrogen-bond donors (Lipinski definition) is 2. The molecule has 0 amide bonds. The lowest BCUT2D eigenvalue weighted by atomic mass is 10.2. The molecule has 2 heterocycles. The molecule has 20 heavy (non-hydrogen) atoms. The Balaban J connectivity index is 2.05. The molecular weight excluding hydrogens is 252 g/mol. The zero-order chi connectivity index (χ0) is 13.9. The number of nitrogen functional groups attached to an aromatic ring is 1. The second-order valence-corrected chi connectivity index (χ2v) is 4.62. The van der Waals surface area contributed by atoms with Crippen LogP contribution in [0.1, 0.15) is 12.1 Å². The second-order valence-electron chi connectivity index (χ2n) is 4.62. The molecule has 0 bridgehead atoms. The van der Waals surface area contributed by atoms with Crippen LogP contribution in [0.15, 0.2) is 42.5 Å². The SMILES string of the molecule is N=C(N)c1cccc(N2CCCOc3ccccc32)n1. The minimum absolute atomic E-state index is 0.0220. The van der Waals surface area contributed by atoms with Crippen LogP contribution in [0.3, 0.4) is 0 Å². The predicted octanol–water partition coefficient (Wildman–Crippen LogP) is 2.29. The number of benzene rings is 1. The topological polar surface area (TPSA) is 75.2 Å². The Labute approximate surface area is 117 Å². The van der Waals surface area contributed by atoms with Gasteiger partial charge >= 0.3 is 0 Å². The van der Waals surface area contributed by atoms with Crippen molar-refractivity contribution in [2.45, 2.75) is 6.42 Å². The largest absolute Gasteiger partial charge is 0.491 e. The summed E-state index contributed by atoms with van der Waals surface area (Å²) in [4.78, 5) is 6.56. The van der Waals surface area contributed by atoms with Crippen LogP contribution in [-0.2, 0) is 0 Å². The van der Waals surface area contributed by atoms with Crippen LogP contribution in [-0.4, -0.2) is 24.0 Å². The highest BCUT2D eigenvalue weighted by Crippen LogP contribution is 2.34. The summed E-state index contributed by atoms with van der Waals surface area (Å²) in [6.45, 7) is 1.52. The van der Waals surface area contributed by atoms with Crippen molar-refractivity contribution in [3.05, 3.63) is 48.2 Å². The molecule has 0 atom stereocenters. The lowest BCUT2D eigenvalue weighted by Gasteiger charge is -2.23. The number of anilines is 2. The molecule has 5 nitrogen and oxygen atoms in total. The highest BCUT2D eigenvalue weighted by atomic mass is 16.5. The normalized spacial score (nSPS) is 14.1. The van der Waals surface area contributed by atoms with Gasteiger partial charge < -0.3 is 15.4 Å². The average Bonchev–Trinajstić information content (AvgIpc) is 2.69. The molecule has 0 unspecified atom stereocenters. The second kappa shape index (κ2) is 5.21. The van der Waals surface area contributed by atoms with Gasteiger partial charge in [-0.3, -0.25) is 5.41 Å². The standard InChI is InChI=1S/C15H16N4O/c16-15(17)11-5-3-8-14(18-11)19-9-4-10-20-13-7-2-1-6-12(13)19/h1-3,5-8H,4,9-10H2,(H3,16,17). The van der Waals surface area contributed by atoms with Crippen molar-refractivity contribution in [2.75, 3.05) is 18.1 Å². The molecule has 5 heteroatoms. The molecule has 1 aliphatic heterocycles. The van der Waals surface area contributed by atoms with Gasteiger partial charge in [-0.05, 0) is 30.7 Å². The summed E-state index contributed by atoms with van der Waals surface area (Å²) < 4.78 is 5.74. The van der Waals surface area contributed by atoms with Gasteiger partial charge in [-0.2, -0.15) is 0 Å². The summed E-state index contributed by atoms with van der Waals surface area (Å²) in [5.74, 6) is 1.63. The molecule has 0 fully saturated rings. The van der Waals surface area contributed by atoms with Crippen LogP contribution >= 0.6 is 0 Å². The van der Waals surface area contributed by atoms with E-state index in [1.807, 2.05) is 36.4 Å². The third-order valence-electron chi connectivity index (χ3n) is 3.23. The van der Waals surface area contributed by atoms with E-state index in [1.165, 1.54) is 0 Å². The number of rotatable bonds is 2. The van der Waals surface area contributed by atoms with E-state index in [2.05, 4.69) is 9.88 Å². The van der Waals surface area contributed by atoms with Crippen LogP contribution in [0, 0.1) is 5.41 Å². The van der Waals surface area contributed by atoms with E-state index < -0.39 is 0 Å². The Kier molecular flexibility index (Phi) is 3.25. The molecule has 0 aliphatic carbocycles. The van der Waals surface area contributed by atoms with Gasteiger partial charge in [0, 0.05) is 6.54 Å². The van der Waals surface area contributed by atoms with Gasteiger partial charge in [0.15, 0.2) is 0 Å². The fourth-order valence-electron chi connectivity index (χ4n) is 2.29. The van der Waals surface area contributed by atoms with Crippen LogP contribution < -0.4 is 15.4 Å². The number of nitrogens with zero attached hydrogens (tertiary/aromatic N) is 2. The highest BCUT2D eigenvalue weighted by Gasteiger charge is 2.18. The van der Waals surface area contributed by atoms with Crippen LogP contribution in [0.25, 0.3) is 0 Å². The predicted molar refractivity (Wildman–Crippen MR) is 78.8 cm³/mol. The zero-order valence-corrected chi connectivity index (χ0v) is 11.0. The first-order valence-electron chi connectivity index (χ1n) is 6.56. The molecule has 0 radical (unpaired) electrons. The number of amidine groups is 1. The summed E-state index contributed by atoms with van der Waals surface area (Å²) >= 11 is 0. The van der Waals surface area contributed by atoms with Gasteiger partial charge in [0.25, 0.3) is 0 Å². The van der Waals surface area contributed by atoms with Crippen LogP contribution in [0.2, 0.25) is 0 Å². The van der Waals surface area contributed by atoms with Crippen molar-refractivity contribution in [2.24, 2.45) is 5.73 Å². The first-order valence-corrected chi connectivity index (χ1v) is 6.56. The maximum atomic E-state index is 7.51. The first kappa shape index (κ1) is 12.5. The highest BCUT2D eigenvalue weighted by molar-refractivity contribution is 5.93. The van der Waals surface area contributed by atoms with Gasteiger partial charge in [-0.15, -0.1) is 0 Å². The molecule has 1 aliphatic rings. The number of aromatic nitrogens is 1. The maximum Gasteiger partial charge on any atom is 0.142 e. The third-order valence-corrected chi connectivity index (χ3v) is 3.23. The van der Waals surface area contributed by atoms with Gasteiger partial charge in [-0.1, -0.05) is 18.2 Å². The van der Waals surface area contributed by atoms with Crippen molar-refractivity contribution < 1.29 is 4.74 Å². The summed E-state index contributed by atoms with van der Waals surface area (Å²) in [6.07, 6.45) is 0.917. The number of pyridine rings is 1. The Morgan fingerprint density at radius 3 is 2.90 bits per heavy atom. The lowest BCUT2D eigenvalue weighted by molar-refractivity contribution is 0.322. The van der Waals surface area contributed by atoms with E-state index in [0.717, 1.165) is 30.2 Å². The molecule has 0 spiro atoms. The van der Waals surface area contributed by atoms with Gasteiger partial charge in [-0.25, -0.2) is 4.98 Å². The van der Waals surface area contributed by atoms with Crippen molar-refractivity contribution in [3.8, 4) is 5.75 Å². The molecule has 102 valence electrons. The summed E-state index contributed by atoms with van der Waals surface area (Å²) in [6, 6.07) is 13.5. The average molecular weight is 268 g/mol. The quantitative estimate of drug-likeness (QED) is 0.647. The maximum absolute atomic E-state index is 7.51. The summed E-state index contributed by atoms with van der Waals surface area (Å²) in [7, 11) is 0. The molecule has 3 N–H and O–H groups in total. The molecule has 3 rings (SSSR count).